The molecule has 1 aromatic carbocycles. The maximum absolute atomic E-state index is 10.9. The predicted octanol–water partition coefficient (Wildman–Crippen LogP) is 2.04. The van der Waals surface area contributed by atoms with E-state index >= 15 is 0 Å². The second-order valence-corrected chi connectivity index (χ2v) is 5.54. The number of benzene rings is 1. The number of aromatic nitrogens is 2. The molecule has 5 nitrogen and oxygen atoms in total. The molecule has 0 aliphatic carbocycles. The van der Waals surface area contributed by atoms with Gasteiger partial charge in [0.05, 0.1) is 11.0 Å². The summed E-state index contributed by atoms with van der Waals surface area (Å²) in [4.78, 5) is 21.2. The highest BCUT2D eigenvalue weighted by Gasteiger charge is 2.22. The number of nitrogens with zero attached hydrogens (tertiary/aromatic N) is 2. The smallest absolute Gasteiger partial charge is 0.217 e. The van der Waals surface area contributed by atoms with Crippen molar-refractivity contribution in [1.29, 1.82) is 0 Å². The number of hydrogen-bond acceptors (Lipinski definition) is 3. The van der Waals surface area contributed by atoms with Gasteiger partial charge in [0, 0.05) is 19.5 Å². The fraction of sp³-hybridized carbons (Fsp3) is 0.467. The number of H-pyrrole nitrogens is 1. The van der Waals surface area contributed by atoms with Gasteiger partial charge in [0.2, 0.25) is 11.9 Å². The third-order valence-corrected chi connectivity index (χ3v) is 3.99. The minimum Gasteiger partial charge on any atom is -0.370 e. The minimum absolute atomic E-state index is 0.203. The fourth-order valence-corrected chi connectivity index (χ4v) is 2.93. The first-order chi connectivity index (χ1) is 9.72. The largest absolute Gasteiger partial charge is 0.370 e. The first-order valence-electron chi connectivity index (χ1n) is 7.20. The van der Waals surface area contributed by atoms with Crippen LogP contribution in [0, 0.1) is 5.92 Å². The molecule has 3 rings (SSSR count). The standard InChI is InChI=1S/C15H20N4O/c16-14(20)8-7-11-4-3-9-19(10-11)15-17-12-5-1-2-6-13(12)18-15/h1-2,5-6,11H,3-4,7-10H2,(H2,16,20)(H,17,18). The van der Waals surface area contributed by atoms with Crippen molar-refractivity contribution in [3.63, 3.8) is 0 Å². The van der Waals surface area contributed by atoms with Gasteiger partial charge in [-0.15, -0.1) is 0 Å². The van der Waals surface area contributed by atoms with E-state index in [1.54, 1.807) is 0 Å². The van der Waals surface area contributed by atoms with Crippen LogP contribution in [0.2, 0.25) is 0 Å². The second-order valence-electron chi connectivity index (χ2n) is 5.54. The Morgan fingerprint density at radius 1 is 1.45 bits per heavy atom. The predicted molar refractivity (Wildman–Crippen MR) is 79.5 cm³/mol. The van der Waals surface area contributed by atoms with E-state index in [1.807, 2.05) is 24.3 Å². The van der Waals surface area contributed by atoms with Crippen LogP contribution in [0.15, 0.2) is 24.3 Å². The zero-order valence-electron chi connectivity index (χ0n) is 11.5. The maximum Gasteiger partial charge on any atom is 0.217 e. The van der Waals surface area contributed by atoms with Gasteiger partial charge in [0.1, 0.15) is 0 Å². The summed E-state index contributed by atoms with van der Waals surface area (Å²) in [6, 6.07) is 8.07. The molecule has 0 radical (unpaired) electrons. The molecule has 3 N–H and O–H groups in total. The number of primary amides is 1. The normalized spacial score (nSPS) is 19.4. The number of nitrogens with one attached hydrogen (secondary N) is 1. The molecule has 1 amide bonds. The molecule has 2 heterocycles. The van der Waals surface area contributed by atoms with Gasteiger partial charge in [0.25, 0.3) is 0 Å². The average molecular weight is 272 g/mol. The summed E-state index contributed by atoms with van der Waals surface area (Å²) in [6.45, 7) is 1.97. The molecule has 20 heavy (non-hydrogen) atoms. The summed E-state index contributed by atoms with van der Waals surface area (Å²) < 4.78 is 0. The third kappa shape index (κ3) is 2.76. The Morgan fingerprint density at radius 3 is 3.10 bits per heavy atom. The lowest BCUT2D eigenvalue weighted by Crippen LogP contribution is -2.36. The van der Waals surface area contributed by atoms with E-state index in [1.165, 1.54) is 6.42 Å². The molecular weight excluding hydrogens is 252 g/mol. The van der Waals surface area contributed by atoms with Crippen LogP contribution in [-0.2, 0) is 4.79 Å². The SMILES string of the molecule is NC(=O)CCC1CCCN(c2nc3ccccc3[nH]2)C1. The van der Waals surface area contributed by atoms with E-state index in [0.717, 1.165) is 42.9 Å². The lowest BCUT2D eigenvalue weighted by molar-refractivity contribution is -0.118. The number of amides is 1. The number of rotatable bonds is 4. The molecule has 5 heteroatoms. The number of piperidine rings is 1. The van der Waals surface area contributed by atoms with E-state index in [2.05, 4.69) is 14.9 Å². The number of fused-ring (bicyclic) bond motifs is 1. The molecule has 0 bridgehead atoms. The van der Waals surface area contributed by atoms with Crippen molar-refractivity contribution in [3.05, 3.63) is 24.3 Å². The van der Waals surface area contributed by atoms with Crippen LogP contribution in [-0.4, -0.2) is 29.0 Å². The van der Waals surface area contributed by atoms with Gasteiger partial charge < -0.3 is 15.6 Å². The number of carbonyl (C=O) groups is 1. The van der Waals surface area contributed by atoms with Crippen molar-refractivity contribution in [2.75, 3.05) is 18.0 Å². The van der Waals surface area contributed by atoms with Gasteiger partial charge in [-0.3, -0.25) is 4.79 Å². The molecular formula is C15H20N4O. The molecule has 0 spiro atoms. The fourth-order valence-electron chi connectivity index (χ4n) is 2.93. The summed E-state index contributed by atoms with van der Waals surface area (Å²) >= 11 is 0. The third-order valence-electron chi connectivity index (χ3n) is 3.99. The summed E-state index contributed by atoms with van der Waals surface area (Å²) in [6.07, 6.45) is 3.68. The number of aromatic amines is 1. The number of carbonyl (C=O) groups excluding carboxylic acids is 1. The van der Waals surface area contributed by atoms with Crippen LogP contribution in [0.3, 0.4) is 0 Å². The lowest BCUT2D eigenvalue weighted by atomic mass is 9.93. The van der Waals surface area contributed by atoms with Crippen LogP contribution in [0.1, 0.15) is 25.7 Å². The van der Waals surface area contributed by atoms with Gasteiger partial charge in [0.15, 0.2) is 0 Å². The van der Waals surface area contributed by atoms with E-state index < -0.39 is 0 Å². The van der Waals surface area contributed by atoms with Crippen molar-refractivity contribution in [3.8, 4) is 0 Å². The number of anilines is 1. The van der Waals surface area contributed by atoms with E-state index in [-0.39, 0.29) is 5.91 Å². The maximum atomic E-state index is 10.9. The molecule has 106 valence electrons. The van der Waals surface area contributed by atoms with Crippen LogP contribution >= 0.6 is 0 Å². The van der Waals surface area contributed by atoms with E-state index in [0.29, 0.717) is 12.3 Å². The summed E-state index contributed by atoms with van der Waals surface area (Å²) in [7, 11) is 0. The Kier molecular flexibility index (Phi) is 3.58. The number of para-hydroxylation sites is 2. The van der Waals surface area contributed by atoms with Crippen molar-refractivity contribution >= 4 is 22.9 Å². The van der Waals surface area contributed by atoms with Crippen molar-refractivity contribution < 1.29 is 4.79 Å². The first-order valence-corrected chi connectivity index (χ1v) is 7.20. The average Bonchev–Trinajstić information content (AvgIpc) is 2.89. The molecule has 1 aliphatic rings. The number of nitrogens with two attached hydrogens (primary N) is 1. The molecule has 1 aliphatic heterocycles. The topological polar surface area (TPSA) is 75.0 Å². The molecule has 1 saturated heterocycles. The molecule has 2 aromatic rings. The summed E-state index contributed by atoms with van der Waals surface area (Å²) in [5, 5.41) is 0. The lowest BCUT2D eigenvalue weighted by Gasteiger charge is -2.32. The van der Waals surface area contributed by atoms with Crippen LogP contribution in [0.4, 0.5) is 5.95 Å². The highest BCUT2D eigenvalue weighted by atomic mass is 16.1. The molecule has 1 atom stereocenters. The van der Waals surface area contributed by atoms with Crippen LogP contribution in [0.25, 0.3) is 11.0 Å². The number of imidazole rings is 1. The summed E-state index contributed by atoms with van der Waals surface area (Å²) in [5.74, 6) is 1.27. The van der Waals surface area contributed by atoms with Crippen molar-refractivity contribution in [2.24, 2.45) is 11.7 Å². The van der Waals surface area contributed by atoms with Crippen molar-refractivity contribution in [1.82, 2.24) is 9.97 Å². The molecule has 1 aromatic heterocycles. The van der Waals surface area contributed by atoms with Crippen molar-refractivity contribution in [2.45, 2.75) is 25.7 Å². The first kappa shape index (κ1) is 13.0. The zero-order valence-corrected chi connectivity index (χ0v) is 11.5. The number of hydrogen-bond donors (Lipinski definition) is 2. The Hall–Kier alpha value is -2.04. The Balaban J connectivity index is 1.71. The molecule has 1 unspecified atom stereocenters. The minimum atomic E-state index is -0.203. The van der Waals surface area contributed by atoms with Gasteiger partial charge in [-0.25, -0.2) is 4.98 Å². The Labute approximate surface area is 118 Å². The van der Waals surface area contributed by atoms with Gasteiger partial charge in [-0.05, 0) is 37.3 Å². The van der Waals surface area contributed by atoms with Gasteiger partial charge >= 0.3 is 0 Å². The Morgan fingerprint density at radius 2 is 2.30 bits per heavy atom. The monoisotopic (exact) mass is 272 g/mol. The highest BCUT2D eigenvalue weighted by Crippen LogP contribution is 2.25. The van der Waals surface area contributed by atoms with Crippen LogP contribution in [0.5, 0.6) is 0 Å². The quantitative estimate of drug-likeness (QED) is 0.894. The van der Waals surface area contributed by atoms with Gasteiger partial charge in [-0.1, -0.05) is 12.1 Å². The van der Waals surface area contributed by atoms with Gasteiger partial charge in [-0.2, -0.15) is 0 Å². The van der Waals surface area contributed by atoms with Crippen LogP contribution < -0.4 is 10.6 Å². The summed E-state index contributed by atoms with van der Waals surface area (Å²) in [5.41, 5.74) is 7.31. The highest BCUT2D eigenvalue weighted by molar-refractivity contribution is 5.77. The zero-order chi connectivity index (χ0) is 13.9. The second kappa shape index (κ2) is 5.53. The Bertz CT molecular complexity index is 574. The molecule has 1 fully saturated rings. The van der Waals surface area contributed by atoms with E-state index in [4.69, 9.17) is 5.73 Å². The van der Waals surface area contributed by atoms with E-state index in [9.17, 15) is 4.79 Å². The molecule has 0 saturated carbocycles.